The van der Waals surface area contributed by atoms with Crippen LogP contribution < -0.4 is 19.7 Å². The van der Waals surface area contributed by atoms with Crippen molar-refractivity contribution in [2.45, 2.75) is 26.7 Å². The molecule has 2 aliphatic rings. The van der Waals surface area contributed by atoms with Crippen molar-refractivity contribution in [3.8, 4) is 11.5 Å². The van der Waals surface area contributed by atoms with Gasteiger partial charge in [-0.1, -0.05) is 13.8 Å². The Morgan fingerprint density at radius 3 is 2.85 bits per heavy atom. The molecule has 0 aliphatic carbocycles. The lowest BCUT2D eigenvalue weighted by molar-refractivity contribution is -0.126. The molecule has 0 unspecified atom stereocenters. The lowest BCUT2D eigenvalue weighted by atomic mass is 10.1. The number of amides is 2. The lowest BCUT2D eigenvalue weighted by Gasteiger charge is -2.22. The zero-order valence-corrected chi connectivity index (χ0v) is 16.0. The van der Waals surface area contributed by atoms with Crippen molar-refractivity contribution in [3.63, 3.8) is 0 Å². The first kappa shape index (κ1) is 19.5. The topological polar surface area (TPSA) is 77.1 Å². The van der Waals surface area contributed by atoms with Gasteiger partial charge in [-0.2, -0.15) is 0 Å². The zero-order chi connectivity index (χ0) is 19.2. The average Bonchev–Trinajstić information content (AvgIpc) is 3.05. The number of nitrogens with one attached hydrogen (secondary N) is 1. The maximum atomic E-state index is 12.4. The summed E-state index contributed by atoms with van der Waals surface area (Å²) in [7, 11) is 0. The second kappa shape index (κ2) is 9.08. The van der Waals surface area contributed by atoms with Gasteiger partial charge in [-0.05, 0) is 24.5 Å². The second-order valence-corrected chi connectivity index (χ2v) is 7.35. The van der Waals surface area contributed by atoms with Gasteiger partial charge in [0.25, 0.3) is 0 Å². The highest BCUT2D eigenvalue weighted by Gasteiger charge is 2.35. The number of anilines is 1. The van der Waals surface area contributed by atoms with Gasteiger partial charge in [-0.25, -0.2) is 0 Å². The molecule has 2 aliphatic heterocycles. The maximum absolute atomic E-state index is 12.4. The molecule has 1 saturated heterocycles. The van der Waals surface area contributed by atoms with Crippen LogP contribution in [0.3, 0.4) is 0 Å². The standard InChI is InChI=1S/C20H28N2O5/c1-14(2)13-25-7-3-6-21-20(24)15-10-19(23)22(12-15)16-4-5-17-18(11-16)27-9-8-26-17/h4-5,11,14-15H,3,6-10,12-13H2,1-2H3,(H,21,24)/t15-/m1/s1. The molecule has 148 valence electrons. The molecule has 0 aromatic heterocycles. The summed E-state index contributed by atoms with van der Waals surface area (Å²) in [5.74, 6) is 1.38. The number of carbonyl (C=O) groups is 2. The Kier molecular flexibility index (Phi) is 6.55. The van der Waals surface area contributed by atoms with Crippen LogP contribution in [-0.4, -0.2) is 51.3 Å². The minimum atomic E-state index is -0.331. The highest BCUT2D eigenvalue weighted by atomic mass is 16.6. The summed E-state index contributed by atoms with van der Waals surface area (Å²) >= 11 is 0. The Bertz CT molecular complexity index is 676. The molecular formula is C20H28N2O5. The molecule has 0 saturated carbocycles. The third-order valence-corrected chi connectivity index (χ3v) is 4.55. The predicted molar refractivity (Wildman–Crippen MR) is 101 cm³/mol. The largest absolute Gasteiger partial charge is 0.486 e. The molecule has 1 aromatic rings. The van der Waals surface area contributed by atoms with Crippen LogP contribution in [0, 0.1) is 11.8 Å². The summed E-state index contributed by atoms with van der Waals surface area (Å²) < 4.78 is 16.6. The lowest BCUT2D eigenvalue weighted by Crippen LogP contribution is -2.34. The van der Waals surface area contributed by atoms with Crippen molar-refractivity contribution in [2.24, 2.45) is 11.8 Å². The van der Waals surface area contributed by atoms with E-state index >= 15 is 0 Å². The molecule has 0 bridgehead atoms. The van der Waals surface area contributed by atoms with Crippen LogP contribution in [0.5, 0.6) is 11.5 Å². The van der Waals surface area contributed by atoms with Gasteiger partial charge in [-0.15, -0.1) is 0 Å². The third-order valence-electron chi connectivity index (χ3n) is 4.55. The number of hydrogen-bond donors (Lipinski definition) is 1. The van der Waals surface area contributed by atoms with E-state index in [0.29, 0.717) is 50.3 Å². The molecule has 27 heavy (non-hydrogen) atoms. The van der Waals surface area contributed by atoms with Gasteiger partial charge in [0.2, 0.25) is 11.8 Å². The first-order valence-electron chi connectivity index (χ1n) is 9.60. The van der Waals surface area contributed by atoms with Gasteiger partial charge >= 0.3 is 0 Å². The normalized spacial score (nSPS) is 18.9. The van der Waals surface area contributed by atoms with E-state index in [9.17, 15) is 9.59 Å². The van der Waals surface area contributed by atoms with Crippen LogP contribution >= 0.6 is 0 Å². The van der Waals surface area contributed by atoms with Gasteiger partial charge in [0.05, 0.1) is 5.92 Å². The van der Waals surface area contributed by atoms with Crippen molar-refractivity contribution in [2.75, 3.05) is 44.4 Å². The molecule has 0 spiro atoms. The number of ether oxygens (including phenoxy) is 3. The van der Waals surface area contributed by atoms with Crippen LogP contribution in [0.15, 0.2) is 18.2 Å². The van der Waals surface area contributed by atoms with Crippen molar-refractivity contribution in [3.05, 3.63) is 18.2 Å². The Morgan fingerprint density at radius 2 is 2.07 bits per heavy atom. The fourth-order valence-corrected chi connectivity index (χ4v) is 3.18. The molecule has 0 radical (unpaired) electrons. The summed E-state index contributed by atoms with van der Waals surface area (Å²) in [4.78, 5) is 26.4. The van der Waals surface area contributed by atoms with Crippen LogP contribution in [-0.2, 0) is 14.3 Å². The number of hydrogen-bond acceptors (Lipinski definition) is 5. The highest BCUT2D eigenvalue weighted by molar-refractivity contribution is 6.00. The molecule has 1 N–H and O–H groups in total. The van der Waals surface area contributed by atoms with Crippen molar-refractivity contribution in [1.29, 1.82) is 0 Å². The number of carbonyl (C=O) groups excluding carboxylic acids is 2. The Labute approximate surface area is 160 Å². The molecular weight excluding hydrogens is 348 g/mol. The predicted octanol–water partition coefficient (Wildman–Crippen LogP) is 1.99. The minimum Gasteiger partial charge on any atom is -0.486 e. The van der Waals surface area contributed by atoms with Gasteiger partial charge in [-0.3, -0.25) is 9.59 Å². The number of rotatable bonds is 8. The van der Waals surface area contributed by atoms with Gasteiger partial charge in [0.1, 0.15) is 13.2 Å². The molecule has 2 heterocycles. The average molecular weight is 376 g/mol. The number of fused-ring (bicyclic) bond motifs is 1. The van der Waals surface area contributed by atoms with Gasteiger partial charge in [0, 0.05) is 44.5 Å². The van der Waals surface area contributed by atoms with Crippen LogP contribution in [0.4, 0.5) is 5.69 Å². The first-order valence-corrected chi connectivity index (χ1v) is 9.60. The molecule has 7 nitrogen and oxygen atoms in total. The monoisotopic (exact) mass is 376 g/mol. The van der Waals surface area contributed by atoms with Crippen LogP contribution in [0.1, 0.15) is 26.7 Å². The van der Waals surface area contributed by atoms with E-state index in [2.05, 4.69) is 19.2 Å². The van der Waals surface area contributed by atoms with E-state index < -0.39 is 0 Å². The first-order chi connectivity index (χ1) is 13.0. The molecule has 7 heteroatoms. The summed E-state index contributed by atoms with van der Waals surface area (Å²) in [6.45, 7) is 7.54. The Hall–Kier alpha value is -2.28. The smallest absolute Gasteiger partial charge is 0.227 e. The SMILES string of the molecule is CC(C)COCCCNC(=O)[C@@H]1CC(=O)N(c2ccc3c(c2)OCCO3)C1. The summed E-state index contributed by atoms with van der Waals surface area (Å²) in [6.07, 6.45) is 0.995. The number of nitrogens with zero attached hydrogens (tertiary/aromatic N) is 1. The van der Waals surface area contributed by atoms with E-state index in [1.54, 1.807) is 11.0 Å². The fraction of sp³-hybridized carbons (Fsp3) is 0.600. The fourth-order valence-electron chi connectivity index (χ4n) is 3.18. The highest BCUT2D eigenvalue weighted by Crippen LogP contribution is 2.35. The van der Waals surface area contributed by atoms with Crippen molar-refractivity contribution in [1.82, 2.24) is 5.32 Å². The van der Waals surface area contributed by atoms with E-state index in [1.807, 2.05) is 12.1 Å². The number of benzene rings is 1. The minimum absolute atomic E-state index is 0.0490. The van der Waals surface area contributed by atoms with Gasteiger partial charge in [0.15, 0.2) is 11.5 Å². The quantitative estimate of drug-likeness (QED) is 0.702. The molecule has 2 amide bonds. The summed E-state index contributed by atoms with van der Waals surface area (Å²) in [5.41, 5.74) is 0.738. The second-order valence-electron chi connectivity index (χ2n) is 7.35. The Balaban J connectivity index is 1.48. The van der Waals surface area contributed by atoms with Crippen LogP contribution in [0.25, 0.3) is 0 Å². The summed E-state index contributed by atoms with van der Waals surface area (Å²) in [5, 5.41) is 2.91. The third kappa shape index (κ3) is 5.13. The van der Waals surface area contributed by atoms with Crippen molar-refractivity contribution >= 4 is 17.5 Å². The zero-order valence-electron chi connectivity index (χ0n) is 16.0. The van der Waals surface area contributed by atoms with E-state index in [0.717, 1.165) is 18.7 Å². The molecule has 1 fully saturated rings. The molecule has 1 aromatic carbocycles. The van der Waals surface area contributed by atoms with Crippen LogP contribution in [0.2, 0.25) is 0 Å². The van der Waals surface area contributed by atoms with E-state index in [4.69, 9.17) is 14.2 Å². The molecule has 1 atom stereocenters. The van der Waals surface area contributed by atoms with E-state index in [-0.39, 0.29) is 24.2 Å². The molecule has 3 rings (SSSR count). The van der Waals surface area contributed by atoms with Gasteiger partial charge < -0.3 is 24.4 Å². The summed E-state index contributed by atoms with van der Waals surface area (Å²) in [6, 6.07) is 5.44. The Morgan fingerprint density at radius 1 is 1.30 bits per heavy atom. The van der Waals surface area contributed by atoms with E-state index in [1.165, 1.54) is 0 Å². The van der Waals surface area contributed by atoms with Crippen molar-refractivity contribution < 1.29 is 23.8 Å². The maximum Gasteiger partial charge on any atom is 0.227 e.